The van der Waals surface area contributed by atoms with E-state index in [4.69, 9.17) is 38.5 Å². The molecule has 0 radical (unpaired) electrons. The summed E-state index contributed by atoms with van der Waals surface area (Å²) < 4.78 is 72.2. The number of carboxylic acid groups (broad SMARTS) is 2. The van der Waals surface area contributed by atoms with E-state index in [-0.39, 0.29) is 110 Å². The zero-order chi connectivity index (χ0) is 77.2. The van der Waals surface area contributed by atoms with E-state index in [9.17, 15) is 76.9 Å². The maximum Gasteiger partial charge on any atom is 0.409 e. The quantitative estimate of drug-likeness (QED) is 0.0137. The molecular formula is C74H88N10O22S2. The predicted molar refractivity (Wildman–Crippen MR) is 388 cm³/mol. The number of likely N-dealkylation sites (N-methyl/N-ethyl adjacent to an activating group) is 1. The lowest BCUT2D eigenvalue weighted by Crippen LogP contribution is -2.64. The molecule has 4 bridgehead atoms. The third kappa shape index (κ3) is 17.5. The minimum absolute atomic E-state index is 0.0320. The molecule has 6 aromatic rings. The molecule has 5 fully saturated rings. The Bertz CT molecular complexity index is 4550. The van der Waals surface area contributed by atoms with Crippen molar-refractivity contribution >= 4 is 90.2 Å². The SMILES string of the molecule is COc1ccc(C(=O)Nc2nc3ccccc3s2)c2c1CCN(c1ccc(-c3cnn(CC45CC6(C)CC(C)(C4)CC(OCCN(C)C(=O)OCc4ccc(O[C@@H]7O[C@H](C(=O)O)[C@@H](O)[C@H](O)[C@H]7O)cc4OCCCNC(=O)C(CS(=O)(=O)O)NC(=O)CCCCCN4C(=O)C=CC4=O)(C6)C5)c3C)c(C(=O)O)n1)C2. The second kappa shape index (κ2) is 31.9. The molecular weight excluding hydrogens is 1440 g/mol. The van der Waals surface area contributed by atoms with Crippen LogP contribution < -0.4 is 35.1 Å². The van der Waals surface area contributed by atoms with E-state index < -0.39 is 99.9 Å². The minimum Gasteiger partial charge on any atom is -0.496 e. The van der Waals surface area contributed by atoms with Crippen LogP contribution in [0.15, 0.2) is 85.1 Å². The van der Waals surface area contributed by atoms with Crippen LogP contribution in [-0.2, 0) is 74.4 Å². The second-order valence-corrected chi connectivity index (χ2v) is 32.2. The number of aliphatic hydroxyl groups is 3. The number of carbonyl (C=O) groups is 8. The van der Waals surface area contributed by atoms with Crippen molar-refractivity contribution < 1.29 is 105 Å². The lowest BCUT2D eigenvalue weighted by atomic mass is 9.39. The van der Waals surface area contributed by atoms with E-state index in [2.05, 4.69) is 34.8 Å². The van der Waals surface area contributed by atoms with Gasteiger partial charge in [-0.2, -0.15) is 13.5 Å². The van der Waals surface area contributed by atoms with Gasteiger partial charge in [0.2, 0.25) is 18.1 Å². The van der Waals surface area contributed by atoms with Crippen molar-refractivity contribution in [3.63, 3.8) is 0 Å². The lowest BCUT2D eigenvalue weighted by molar-refractivity contribution is -0.271. The Hall–Kier alpha value is -9.68. The van der Waals surface area contributed by atoms with Gasteiger partial charge in [-0.3, -0.25) is 43.4 Å². The normalized spacial score (nSPS) is 24.5. The van der Waals surface area contributed by atoms with Crippen molar-refractivity contribution in [2.24, 2.45) is 16.2 Å². The van der Waals surface area contributed by atoms with Gasteiger partial charge in [0.15, 0.2) is 16.9 Å². The predicted octanol–water partition coefficient (Wildman–Crippen LogP) is 5.80. The fourth-order valence-electron chi connectivity index (χ4n) is 17.2. The van der Waals surface area contributed by atoms with Gasteiger partial charge in [-0.15, -0.1) is 0 Å². The Labute approximate surface area is 625 Å². The summed E-state index contributed by atoms with van der Waals surface area (Å²) in [6, 6.07) is 17.2. The van der Waals surface area contributed by atoms with Crippen LogP contribution >= 0.6 is 11.3 Å². The molecule has 1 saturated heterocycles. The topological polar surface area (TPSA) is 437 Å². The first kappa shape index (κ1) is 77.9. The van der Waals surface area contributed by atoms with Gasteiger partial charge < -0.3 is 74.4 Å². The number of ether oxygens (including phenoxy) is 6. The summed E-state index contributed by atoms with van der Waals surface area (Å²) in [7, 11) is -1.63. The molecule has 3 aromatic heterocycles. The van der Waals surface area contributed by atoms with Crippen molar-refractivity contribution in [1.29, 1.82) is 0 Å². The van der Waals surface area contributed by atoms with Crippen molar-refractivity contribution in [1.82, 2.24) is 40.2 Å². The summed E-state index contributed by atoms with van der Waals surface area (Å²) >= 11 is 1.38. The van der Waals surface area contributed by atoms with Gasteiger partial charge >= 0.3 is 18.0 Å². The molecule has 13 rings (SSSR count). The number of aliphatic carboxylic acids is 1. The van der Waals surface area contributed by atoms with Crippen molar-refractivity contribution in [3.8, 4) is 28.4 Å². The van der Waals surface area contributed by atoms with E-state index in [0.29, 0.717) is 72.2 Å². The number of unbranched alkanes of at least 4 members (excludes halogenated alkanes) is 2. The third-order valence-electron chi connectivity index (χ3n) is 21.0. The highest BCUT2D eigenvalue weighted by atomic mass is 32.2. The highest BCUT2D eigenvalue weighted by Gasteiger charge is 2.66. The molecule has 3 aliphatic heterocycles. The molecule has 9 N–H and O–H groups in total. The van der Waals surface area contributed by atoms with Crippen LogP contribution in [0.1, 0.15) is 128 Å². The number of rotatable bonds is 32. The number of para-hydroxylation sites is 1. The zero-order valence-electron chi connectivity index (χ0n) is 60.3. The summed E-state index contributed by atoms with van der Waals surface area (Å²) in [5.74, 6) is -5.81. The maximum atomic E-state index is 14.0. The first-order chi connectivity index (χ1) is 51.3. The van der Waals surface area contributed by atoms with Gasteiger partial charge in [0, 0.05) is 104 Å². The summed E-state index contributed by atoms with van der Waals surface area (Å²) in [5.41, 5.74) is 3.82. The van der Waals surface area contributed by atoms with Crippen molar-refractivity contribution in [2.45, 2.75) is 160 Å². The van der Waals surface area contributed by atoms with E-state index in [1.807, 2.05) is 46.8 Å². The van der Waals surface area contributed by atoms with Crippen molar-refractivity contribution in [2.75, 3.05) is 69.5 Å². The number of pyridine rings is 1. The number of hydrogen-bond acceptors (Lipinski definition) is 24. The Balaban J connectivity index is 0.667. The largest absolute Gasteiger partial charge is 0.496 e. The number of aliphatic hydroxyl groups excluding tert-OH is 3. The lowest BCUT2D eigenvalue weighted by Gasteiger charge is -2.69. The highest BCUT2D eigenvalue weighted by molar-refractivity contribution is 7.85. The van der Waals surface area contributed by atoms with Crippen LogP contribution in [0.3, 0.4) is 0 Å². The molecule has 7 aliphatic rings. The van der Waals surface area contributed by atoms with Gasteiger partial charge in [-0.1, -0.05) is 43.7 Å². The number of benzene rings is 3. The number of amides is 6. The van der Waals surface area contributed by atoms with Gasteiger partial charge in [0.05, 0.1) is 42.3 Å². The monoisotopic (exact) mass is 1530 g/mol. The van der Waals surface area contributed by atoms with Crippen LogP contribution in [0.25, 0.3) is 21.3 Å². The fraction of sp³-hybridized carbons (Fsp3) is 0.500. The number of anilines is 2. The Kier molecular flexibility index (Phi) is 23.0. The number of nitrogens with zero attached hydrogens (tertiary/aromatic N) is 7. The number of fused-ring (bicyclic) bond motifs is 2. The van der Waals surface area contributed by atoms with Crippen LogP contribution in [-0.4, -0.2) is 217 Å². The number of aromatic nitrogens is 4. The van der Waals surface area contributed by atoms with E-state index >= 15 is 0 Å². The van der Waals surface area contributed by atoms with E-state index in [1.54, 1.807) is 38.6 Å². The molecule has 108 heavy (non-hydrogen) atoms. The van der Waals surface area contributed by atoms with Crippen LogP contribution in [0.2, 0.25) is 0 Å². The molecule has 8 atom stereocenters. The average Bonchev–Trinajstić information content (AvgIpc) is 0.783. The van der Waals surface area contributed by atoms with E-state index in [0.717, 1.165) is 76.2 Å². The molecule has 3 aromatic carbocycles. The summed E-state index contributed by atoms with van der Waals surface area (Å²) in [6.07, 6.45) is 0.263. The van der Waals surface area contributed by atoms with Gasteiger partial charge in [0.25, 0.3) is 27.8 Å². The van der Waals surface area contributed by atoms with Crippen LogP contribution in [0, 0.1) is 23.2 Å². The summed E-state index contributed by atoms with van der Waals surface area (Å²) in [4.78, 5) is 117. The number of nitrogens with one attached hydrogen (secondary N) is 3. The number of carboxylic acids is 2. The Morgan fingerprint density at radius 1 is 0.833 bits per heavy atom. The number of thiazole rings is 1. The molecule has 3 unspecified atom stereocenters. The molecule has 4 saturated carbocycles. The molecule has 0 spiro atoms. The first-order valence-corrected chi connectivity index (χ1v) is 38.1. The molecule has 6 heterocycles. The number of aromatic carboxylic acids is 1. The molecule has 6 amide bonds. The maximum absolute atomic E-state index is 14.0. The minimum atomic E-state index is -4.78. The molecule has 32 nitrogen and oxygen atoms in total. The number of imide groups is 1. The Morgan fingerprint density at radius 3 is 2.30 bits per heavy atom. The number of hydrogen-bond donors (Lipinski definition) is 9. The first-order valence-electron chi connectivity index (χ1n) is 35.6. The zero-order valence-corrected chi connectivity index (χ0v) is 61.9. The highest BCUT2D eigenvalue weighted by Crippen LogP contribution is 2.72. The Morgan fingerprint density at radius 2 is 1.58 bits per heavy atom. The molecule has 4 aliphatic carbocycles. The number of methoxy groups -OCH3 is 1. The smallest absolute Gasteiger partial charge is 0.409 e. The third-order valence-corrected chi connectivity index (χ3v) is 22.7. The summed E-state index contributed by atoms with van der Waals surface area (Å²) in [6.45, 7) is 7.58. The fourth-order valence-corrected chi connectivity index (χ4v) is 18.7. The van der Waals surface area contributed by atoms with Gasteiger partial charge in [-0.25, -0.2) is 24.4 Å². The second-order valence-electron chi connectivity index (χ2n) is 29.7. The van der Waals surface area contributed by atoms with Crippen LogP contribution in [0.5, 0.6) is 17.2 Å². The molecule has 34 heteroatoms. The number of carbonyl (C=O) groups excluding carboxylic acids is 6. The van der Waals surface area contributed by atoms with Gasteiger partial charge in [-0.05, 0) is 141 Å². The standard InChI is InChI=1S/C74H88N10O22S2/c1-42-48(46-18-20-55(79-59(46)66(93)94)82-26-23-45-49(32-82)47(17-19-52(45)101-5)64(91)80-69-78-50-12-8-9-13-54(50)107-69)31-76-84(42)41-73-36-71(2)35-72(3,37-73)39-74(38-71,40-73)104-29-27-81(4)70(97)103-33-43-15-16-44(105-68-62(90)60(88)61(89)63(106-68)67(95)96)30-53(43)102-28-11-24-75-65(92)51(34-108(98,99)100)77-56(85)14-7-6-10-25-83-57(86)21-22-58(83)87/h8-9,12-13,15-22,30-31,51,60-63,68,88-90H,6-7,10-11,14,23-29,32-41H2,1-5H3,(H,75,92)(H,77,85)(H,93,94)(H,95,96)(H,78,80,91)(H,98,99,100)/t51?,60-,61-,62+,63-,68+,71?,72?,73?,74?/m0/s1. The van der Waals surface area contributed by atoms with Crippen molar-refractivity contribution in [3.05, 3.63) is 119 Å². The van der Waals surface area contributed by atoms with Crippen LogP contribution in [0.4, 0.5) is 15.7 Å². The average molecular weight is 1530 g/mol. The summed E-state index contributed by atoms with van der Waals surface area (Å²) in [5, 5.41) is 65.1. The molecule has 578 valence electrons. The van der Waals surface area contributed by atoms with Gasteiger partial charge in [0.1, 0.15) is 59.8 Å². The van der Waals surface area contributed by atoms with E-state index in [1.165, 1.54) is 34.4 Å².